The van der Waals surface area contributed by atoms with E-state index in [1.807, 2.05) is 24.4 Å². The zero-order valence-corrected chi connectivity index (χ0v) is 22.6. The molecule has 3 aliphatic carbocycles. The summed E-state index contributed by atoms with van der Waals surface area (Å²) in [6.45, 7) is 2.32. The monoisotopic (exact) mass is 526 g/mol. The second-order valence-corrected chi connectivity index (χ2v) is 12.9. The van der Waals surface area contributed by atoms with Crippen LogP contribution >= 0.6 is 11.6 Å². The highest BCUT2D eigenvalue weighted by molar-refractivity contribution is 6.30. The van der Waals surface area contributed by atoms with E-state index in [1.165, 1.54) is 61.8 Å². The van der Waals surface area contributed by atoms with Gasteiger partial charge in [0.2, 0.25) is 0 Å². The average Bonchev–Trinajstić information content (AvgIpc) is 3.30. The molecule has 3 aromatic rings. The number of hydrogen-bond donors (Lipinski definition) is 1. The van der Waals surface area contributed by atoms with Crippen LogP contribution in [-0.2, 0) is 18.3 Å². The van der Waals surface area contributed by atoms with E-state index < -0.39 is 0 Å². The first-order valence-corrected chi connectivity index (χ1v) is 15.0. The van der Waals surface area contributed by atoms with Crippen LogP contribution in [0.3, 0.4) is 0 Å². The van der Waals surface area contributed by atoms with Crippen molar-refractivity contribution in [3.05, 3.63) is 76.1 Å². The molecule has 0 unspecified atom stereocenters. The van der Waals surface area contributed by atoms with Gasteiger partial charge in [0, 0.05) is 33.8 Å². The number of rotatable bonds is 4. The molecule has 2 bridgehead atoms. The van der Waals surface area contributed by atoms with Gasteiger partial charge >= 0.3 is 0 Å². The van der Waals surface area contributed by atoms with E-state index in [9.17, 15) is 5.11 Å². The van der Waals surface area contributed by atoms with Gasteiger partial charge in [-0.25, -0.2) is 0 Å². The Bertz CT molecular complexity index is 1400. The van der Waals surface area contributed by atoms with E-state index in [4.69, 9.17) is 21.3 Å². The van der Waals surface area contributed by atoms with Crippen molar-refractivity contribution in [1.82, 2.24) is 9.88 Å². The summed E-state index contributed by atoms with van der Waals surface area (Å²) in [6, 6.07) is 14.9. The molecule has 1 saturated heterocycles. The van der Waals surface area contributed by atoms with E-state index in [0.29, 0.717) is 12.0 Å². The summed E-state index contributed by atoms with van der Waals surface area (Å²) in [6.07, 6.45) is 13.4. The van der Waals surface area contributed by atoms with E-state index in [0.717, 1.165) is 59.3 Å². The maximum Gasteiger partial charge on any atom is 0.166 e. The molecule has 1 aromatic heterocycles. The van der Waals surface area contributed by atoms with Crippen LogP contribution < -0.4 is 4.74 Å². The van der Waals surface area contributed by atoms with Crippen molar-refractivity contribution in [2.24, 2.45) is 11.8 Å². The summed E-state index contributed by atoms with van der Waals surface area (Å²) in [5.74, 6) is 2.38. The molecule has 0 amide bonds. The lowest BCUT2D eigenvalue weighted by Gasteiger charge is -2.58. The number of pyridine rings is 1. The first-order chi connectivity index (χ1) is 18.6. The topological polar surface area (TPSA) is 45.6 Å². The molecule has 5 heteroatoms. The minimum Gasteiger partial charge on any atom is -0.504 e. The number of nitrogens with zero attached hydrogens (tertiary/aromatic N) is 2. The minimum absolute atomic E-state index is 0.0878. The predicted molar refractivity (Wildman–Crippen MR) is 150 cm³/mol. The van der Waals surface area contributed by atoms with Gasteiger partial charge in [-0.15, -0.1) is 0 Å². The lowest BCUT2D eigenvalue weighted by atomic mass is 9.51. The summed E-state index contributed by atoms with van der Waals surface area (Å²) < 4.78 is 6.74. The molecule has 2 fully saturated rings. The third-order valence-electron chi connectivity index (χ3n) is 10.6. The fourth-order valence-electron chi connectivity index (χ4n) is 8.85. The number of halogens is 1. The molecule has 4 nitrogen and oxygen atoms in total. The van der Waals surface area contributed by atoms with E-state index in [-0.39, 0.29) is 17.3 Å². The van der Waals surface area contributed by atoms with Gasteiger partial charge in [0.15, 0.2) is 17.6 Å². The number of hydrogen-bond acceptors (Lipinski definition) is 4. The lowest BCUT2D eigenvalue weighted by Crippen LogP contribution is -2.63. The molecule has 0 radical (unpaired) electrons. The largest absolute Gasteiger partial charge is 0.504 e. The van der Waals surface area contributed by atoms with Gasteiger partial charge in [0.05, 0.1) is 5.69 Å². The van der Waals surface area contributed by atoms with Crippen LogP contribution in [0.15, 0.2) is 48.7 Å². The van der Waals surface area contributed by atoms with E-state index in [2.05, 4.69) is 29.2 Å². The van der Waals surface area contributed by atoms with Crippen molar-refractivity contribution >= 4 is 11.6 Å². The normalized spacial score (nSPS) is 29.4. The predicted octanol–water partition coefficient (Wildman–Crippen LogP) is 7.25. The van der Waals surface area contributed by atoms with Crippen LogP contribution in [0.4, 0.5) is 0 Å². The zero-order valence-electron chi connectivity index (χ0n) is 21.8. The van der Waals surface area contributed by atoms with Crippen LogP contribution in [-0.4, -0.2) is 34.1 Å². The number of ether oxygens (including phenoxy) is 1. The molecule has 38 heavy (non-hydrogen) atoms. The van der Waals surface area contributed by atoms with Crippen LogP contribution in [0, 0.1) is 11.8 Å². The third-order valence-corrected chi connectivity index (χ3v) is 10.9. The molecular formula is C33H35ClN2O2. The molecule has 5 aliphatic rings. The number of aromatic nitrogens is 1. The van der Waals surface area contributed by atoms with Gasteiger partial charge < -0.3 is 9.84 Å². The first-order valence-electron chi connectivity index (χ1n) is 14.6. The summed E-state index contributed by atoms with van der Waals surface area (Å²) in [7, 11) is 0. The Kier molecular flexibility index (Phi) is 5.36. The van der Waals surface area contributed by atoms with Crippen LogP contribution in [0.2, 0.25) is 5.02 Å². The van der Waals surface area contributed by atoms with Crippen molar-refractivity contribution < 1.29 is 9.84 Å². The molecule has 1 saturated carbocycles. The van der Waals surface area contributed by atoms with Gasteiger partial charge in [-0.1, -0.05) is 61.9 Å². The van der Waals surface area contributed by atoms with Crippen molar-refractivity contribution in [1.29, 1.82) is 0 Å². The van der Waals surface area contributed by atoms with Crippen LogP contribution in [0.25, 0.3) is 11.1 Å². The first kappa shape index (κ1) is 23.3. The van der Waals surface area contributed by atoms with Crippen LogP contribution in [0.5, 0.6) is 11.5 Å². The second kappa shape index (κ2) is 8.72. The summed E-state index contributed by atoms with van der Waals surface area (Å²) in [4.78, 5) is 7.90. The molecule has 1 spiro atoms. The van der Waals surface area contributed by atoms with Gasteiger partial charge in [-0.3, -0.25) is 9.88 Å². The molecule has 4 atom stereocenters. The minimum atomic E-state index is -0.124. The summed E-state index contributed by atoms with van der Waals surface area (Å²) in [5, 5.41) is 11.6. The number of aromatic hydroxyl groups is 1. The van der Waals surface area contributed by atoms with Crippen molar-refractivity contribution in [3.63, 3.8) is 0 Å². The molecule has 2 aliphatic heterocycles. The Balaban J connectivity index is 1.20. The Morgan fingerprint density at radius 3 is 2.68 bits per heavy atom. The van der Waals surface area contributed by atoms with E-state index in [1.54, 1.807) is 0 Å². The fourth-order valence-corrected chi connectivity index (χ4v) is 8.98. The maximum absolute atomic E-state index is 10.9. The van der Waals surface area contributed by atoms with Crippen molar-refractivity contribution in [2.45, 2.75) is 75.3 Å². The Hall–Kier alpha value is -2.56. The molecular weight excluding hydrogens is 492 g/mol. The van der Waals surface area contributed by atoms with E-state index >= 15 is 0 Å². The Morgan fingerprint density at radius 2 is 1.84 bits per heavy atom. The highest BCUT2D eigenvalue weighted by Crippen LogP contribution is 2.67. The fraction of sp³-hybridized carbons (Fsp3) is 0.485. The molecule has 1 N–H and O–H groups in total. The van der Waals surface area contributed by atoms with Crippen molar-refractivity contribution in [3.8, 4) is 22.6 Å². The number of likely N-dealkylation sites (tertiary alicyclic amines) is 1. The standard InChI is InChI=1S/C33H35ClN2O2/c34-25-9-6-21(7-10-25)24-16-23-17-26-27-18-22-8-11-28(37)31-29(22)33(26,32(38-31)30(23)35-19-24)13-15-36(27)14-12-20-4-2-1-3-5-20/h6-11,16,19-20,26-27,32,37H,1-5,12-15,17-18H2/t26-,27+,32-,33-/m0/s1. The molecule has 3 heterocycles. The smallest absolute Gasteiger partial charge is 0.166 e. The quantitative estimate of drug-likeness (QED) is 0.389. The maximum atomic E-state index is 10.9. The molecule has 8 rings (SSSR count). The third kappa shape index (κ3) is 3.35. The lowest BCUT2D eigenvalue weighted by molar-refractivity contribution is -0.0382. The van der Waals surface area contributed by atoms with Gasteiger partial charge in [0.1, 0.15) is 0 Å². The zero-order chi connectivity index (χ0) is 25.4. The SMILES string of the molecule is Oc1ccc2c3c1O[C@H]1c4ncc(-c5ccc(Cl)cc5)cc4C[C@H]4[C@@H](C2)N(CCC2CCCCC2)CC[C@]314. The molecule has 2 aromatic carbocycles. The highest BCUT2D eigenvalue weighted by atomic mass is 35.5. The number of phenolic OH excluding ortho intramolecular Hbond substituents is 1. The van der Waals surface area contributed by atoms with Gasteiger partial charge in [-0.05, 0) is 91.6 Å². The number of phenols is 1. The van der Waals surface area contributed by atoms with Crippen LogP contribution in [0.1, 0.15) is 73.4 Å². The number of benzene rings is 2. The highest BCUT2D eigenvalue weighted by Gasteiger charge is 2.65. The summed E-state index contributed by atoms with van der Waals surface area (Å²) in [5.41, 5.74) is 7.23. The summed E-state index contributed by atoms with van der Waals surface area (Å²) >= 11 is 6.16. The Morgan fingerprint density at radius 1 is 1.00 bits per heavy atom. The molecule has 196 valence electrons. The second-order valence-electron chi connectivity index (χ2n) is 12.4. The number of fused-ring (bicyclic) bond motifs is 2. The Labute approximate surface area is 230 Å². The van der Waals surface area contributed by atoms with Gasteiger partial charge in [0.25, 0.3) is 0 Å². The average molecular weight is 527 g/mol. The van der Waals surface area contributed by atoms with Crippen molar-refractivity contribution in [2.75, 3.05) is 13.1 Å². The van der Waals surface area contributed by atoms with Gasteiger partial charge in [-0.2, -0.15) is 0 Å². The number of piperidine rings is 1.